The van der Waals surface area contributed by atoms with Gasteiger partial charge < -0.3 is 29.7 Å². The fourth-order valence-corrected chi connectivity index (χ4v) is 0. The van der Waals surface area contributed by atoms with Crippen LogP contribution in [0, 0.1) is 0 Å². The fraction of sp³-hybridized carbons (Fsp3) is 0.500. The molecular formula is C6H9O6Rh2+3. The normalized spacial score (nSPS) is 5.36. The molecule has 0 aromatic rings. The van der Waals surface area contributed by atoms with Gasteiger partial charge in [0, 0.05) is 17.9 Å². The van der Waals surface area contributed by atoms with Gasteiger partial charge in [0.2, 0.25) is 0 Å². The van der Waals surface area contributed by atoms with Crippen LogP contribution < -0.4 is 15.3 Å². The van der Waals surface area contributed by atoms with E-state index in [0.29, 0.717) is 0 Å². The molecule has 0 amide bonds. The molecule has 0 spiro atoms. The Bertz CT molecular complexity index is 118. The van der Waals surface area contributed by atoms with Crippen molar-refractivity contribution in [1.82, 2.24) is 0 Å². The van der Waals surface area contributed by atoms with Gasteiger partial charge in [-0.1, -0.05) is 0 Å². The number of hydrogen-bond donors (Lipinski definition) is 0. The Hall–Kier alpha value is -0.343. The van der Waals surface area contributed by atoms with Gasteiger partial charge >= 0.3 is 39.0 Å². The van der Waals surface area contributed by atoms with Crippen molar-refractivity contribution >= 4 is 17.9 Å². The molecule has 0 radical (unpaired) electrons. The van der Waals surface area contributed by atoms with Gasteiger partial charge in [0.15, 0.2) is 0 Å². The van der Waals surface area contributed by atoms with E-state index in [0.717, 1.165) is 20.8 Å². The quantitative estimate of drug-likeness (QED) is 0.397. The minimum Gasteiger partial charge on any atom is -0.550 e. The monoisotopic (exact) mass is 383 g/mol. The molecule has 0 aliphatic carbocycles. The van der Waals surface area contributed by atoms with Crippen molar-refractivity contribution in [2.24, 2.45) is 0 Å². The first kappa shape index (κ1) is 29.2. The zero-order valence-corrected chi connectivity index (χ0v) is 10.9. The zero-order valence-electron chi connectivity index (χ0n) is 7.62. The van der Waals surface area contributed by atoms with Crippen LogP contribution in [0.3, 0.4) is 0 Å². The van der Waals surface area contributed by atoms with Crippen LogP contribution >= 0.6 is 0 Å². The molecule has 0 aromatic heterocycles. The summed E-state index contributed by atoms with van der Waals surface area (Å²) < 4.78 is 0. The van der Waals surface area contributed by atoms with Gasteiger partial charge in [0.05, 0.1) is 0 Å². The van der Waals surface area contributed by atoms with Crippen molar-refractivity contribution in [3.63, 3.8) is 0 Å². The SMILES string of the molecule is CC(=O)[O-].CC(=O)[O-].CC(=O)[O-].[Rh+3].[Rh+3]. The molecule has 0 N–H and O–H groups in total. The first-order valence-electron chi connectivity index (χ1n) is 2.72. The van der Waals surface area contributed by atoms with Crippen molar-refractivity contribution < 1.29 is 68.7 Å². The predicted molar refractivity (Wildman–Crippen MR) is 32.0 cm³/mol. The second kappa shape index (κ2) is 22.9. The molecule has 0 bridgehead atoms. The van der Waals surface area contributed by atoms with Crippen LogP contribution in [-0.4, -0.2) is 17.9 Å². The molecule has 0 heterocycles. The van der Waals surface area contributed by atoms with E-state index < -0.39 is 17.9 Å². The van der Waals surface area contributed by atoms with Gasteiger partial charge in [0.1, 0.15) is 0 Å². The third kappa shape index (κ3) is 11200. The molecule has 0 fully saturated rings. The average molecular weight is 383 g/mol. The van der Waals surface area contributed by atoms with Crippen molar-refractivity contribution in [2.45, 2.75) is 20.8 Å². The van der Waals surface area contributed by atoms with Gasteiger partial charge in [-0.3, -0.25) is 0 Å². The van der Waals surface area contributed by atoms with E-state index in [2.05, 4.69) is 0 Å². The van der Waals surface area contributed by atoms with Gasteiger partial charge in [-0.2, -0.15) is 0 Å². The van der Waals surface area contributed by atoms with Crippen molar-refractivity contribution in [3.8, 4) is 0 Å². The number of rotatable bonds is 0. The molecule has 0 saturated heterocycles. The van der Waals surface area contributed by atoms with Gasteiger partial charge in [-0.05, 0) is 20.8 Å². The Labute approximate surface area is 107 Å². The molecule has 0 saturated carbocycles. The van der Waals surface area contributed by atoms with Crippen LogP contribution in [0.4, 0.5) is 0 Å². The largest absolute Gasteiger partial charge is 3.00 e. The molecule has 84 valence electrons. The van der Waals surface area contributed by atoms with E-state index >= 15 is 0 Å². The predicted octanol–water partition coefficient (Wildman–Crippen LogP) is -3.74. The molecular weight excluding hydrogens is 374 g/mol. The first-order chi connectivity index (χ1) is 5.20. The van der Waals surface area contributed by atoms with E-state index in [1.54, 1.807) is 0 Å². The number of carbonyl (C=O) groups is 3. The molecule has 0 aromatic carbocycles. The van der Waals surface area contributed by atoms with Crippen LogP contribution in [0.5, 0.6) is 0 Å². The van der Waals surface area contributed by atoms with Gasteiger partial charge in [-0.25, -0.2) is 0 Å². The zero-order chi connectivity index (χ0) is 10.7. The molecule has 0 aliphatic heterocycles. The Morgan fingerprint density at radius 2 is 0.643 bits per heavy atom. The van der Waals surface area contributed by atoms with E-state index in [-0.39, 0.29) is 39.0 Å². The smallest absolute Gasteiger partial charge is 0.550 e. The van der Waals surface area contributed by atoms with Gasteiger partial charge in [0.25, 0.3) is 0 Å². The summed E-state index contributed by atoms with van der Waals surface area (Å²) in [7, 11) is 0. The first-order valence-corrected chi connectivity index (χ1v) is 2.72. The number of carboxylic acids is 3. The van der Waals surface area contributed by atoms with E-state index in [9.17, 15) is 0 Å². The average Bonchev–Trinajstić information content (AvgIpc) is 1.54. The third-order valence-electron chi connectivity index (χ3n) is 0. The van der Waals surface area contributed by atoms with Crippen LogP contribution in [-0.2, 0) is 53.3 Å². The maximum absolute atomic E-state index is 8.89. The topological polar surface area (TPSA) is 120 Å². The fourth-order valence-electron chi connectivity index (χ4n) is 0. The molecule has 0 unspecified atom stereocenters. The summed E-state index contributed by atoms with van der Waals surface area (Å²) in [6.45, 7) is 2.92. The Balaban J connectivity index is -0.0000000270. The Morgan fingerprint density at radius 3 is 0.643 bits per heavy atom. The molecule has 6 nitrogen and oxygen atoms in total. The van der Waals surface area contributed by atoms with Crippen LogP contribution in [0.2, 0.25) is 0 Å². The minimum atomic E-state index is -1.08. The standard InChI is InChI=1S/3C2H4O2.2Rh/c3*1-2(3)4;;/h3*1H3,(H,3,4);;/q;;;2*+3/p-3. The van der Waals surface area contributed by atoms with E-state index in [4.69, 9.17) is 29.7 Å². The van der Waals surface area contributed by atoms with Gasteiger partial charge in [-0.15, -0.1) is 0 Å². The molecule has 14 heavy (non-hydrogen) atoms. The van der Waals surface area contributed by atoms with E-state index in [1.165, 1.54) is 0 Å². The molecule has 0 atom stereocenters. The minimum absolute atomic E-state index is 0. The second-order valence-corrected chi connectivity index (χ2v) is 1.47. The summed E-state index contributed by atoms with van der Waals surface area (Å²) in [6, 6.07) is 0. The summed E-state index contributed by atoms with van der Waals surface area (Å²) in [5.41, 5.74) is 0. The van der Waals surface area contributed by atoms with Crippen LogP contribution in [0.1, 0.15) is 20.8 Å². The summed E-state index contributed by atoms with van der Waals surface area (Å²) in [6.07, 6.45) is 0. The van der Waals surface area contributed by atoms with Crippen molar-refractivity contribution in [1.29, 1.82) is 0 Å². The Kier molecular flexibility index (Phi) is 47.9. The number of hydrogen-bond acceptors (Lipinski definition) is 6. The summed E-state index contributed by atoms with van der Waals surface area (Å²) in [5, 5.41) is 26.7. The van der Waals surface area contributed by atoms with Crippen LogP contribution in [0.15, 0.2) is 0 Å². The molecule has 0 rings (SSSR count). The number of carboxylic acid groups (broad SMARTS) is 3. The molecule has 0 aliphatic rings. The van der Waals surface area contributed by atoms with E-state index in [1.807, 2.05) is 0 Å². The third-order valence-corrected chi connectivity index (χ3v) is 0. The summed E-state index contributed by atoms with van der Waals surface area (Å²) in [4.78, 5) is 26.7. The summed E-state index contributed by atoms with van der Waals surface area (Å²) in [5.74, 6) is -3.25. The summed E-state index contributed by atoms with van der Waals surface area (Å²) >= 11 is 0. The number of aliphatic carboxylic acids is 3. The van der Waals surface area contributed by atoms with Crippen molar-refractivity contribution in [3.05, 3.63) is 0 Å². The Morgan fingerprint density at radius 1 is 0.643 bits per heavy atom. The second-order valence-electron chi connectivity index (χ2n) is 1.47. The van der Waals surface area contributed by atoms with Crippen LogP contribution in [0.25, 0.3) is 0 Å². The van der Waals surface area contributed by atoms with Crippen molar-refractivity contribution in [2.75, 3.05) is 0 Å². The number of carbonyl (C=O) groups excluding carboxylic acids is 3. The maximum atomic E-state index is 8.89. The maximum Gasteiger partial charge on any atom is 3.00 e. The molecule has 8 heteroatoms.